The molecule has 4 aromatic rings. The van der Waals surface area contributed by atoms with E-state index >= 15 is 0 Å². The van der Waals surface area contributed by atoms with Gasteiger partial charge in [-0.1, -0.05) is 38.1 Å². The van der Waals surface area contributed by atoms with Crippen LogP contribution in [0.4, 0.5) is 8.78 Å². The maximum absolute atomic E-state index is 14.7. The third-order valence-corrected chi connectivity index (χ3v) is 6.35. The molecule has 168 valence electrons. The summed E-state index contributed by atoms with van der Waals surface area (Å²) in [5.74, 6) is -0.771. The van der Waals surface area contributed by atoms with Gasteiger partial charge in [0.15, 0.2) is 0 Å². The zero-order valence-corrected chi connectivity index (χ0v) is 21.0. The molecule has 0 unspecified atom stereocenters. The van der Waals surface area contributed by atoms with E-state index in [4.69, 9.17) is 9.97 Å². The van der Waals surface area contributed by atoms with Crippen LogP contribution >= 0.6 is 0 Å². The van der Waals surface area contributed by atoms with E-state index < -0.39 is 10.8 Å². The third-order valence-electron chi connectivity index (χ3n) is 6.35. The summed E-state index contributed by atoms with van der Waals surface area (Å²) in [6.07, 6.45) is 0. The van der Waals surface area contributed by atoms with Gasteiger partial charge in [0.25, 0.3) is 0 Å². The molecule has 8 bridgehead atoms. The van der Waals surface area contributed by atoms with Crippen LogP contribution in [-0.2, 0) is 31.9 Å². The number of hydrogen-bond acceptors (Lipinski definition) is 2. The molecule has 0 radical (unpaired) electrons. The molecule has 0 saturated heterocycles. The molecule has 0 spiro atoms. The van der Waals surface area contributed by atoms with E-state index in [-0.39, 0.29) is 32.7 Å². The first-order valence-electron chi connectivity index (χ1n) is 10.6. The largest absolute Gasteiger partial charge is 2.00 e. The Bertz CT molecular complexity index is 1260. The van der Waals surface area contributed by atoms with Gasteiger partial charge in [0, 0.05) is 28.4 Å². The van der Waals surface area contributed by atoms with Crippen molar-refractivity contribution >= 4 is 0 Å². The normalized spacial score (nSPS) is 15.2. The fraction of sp³-hybridized carbons (Fsp3) is 0.214. The topological polar surface area (TPSA) is 25.8 Å². The Labute approximate surface area is 207 Å². The van der Waals surface area contributed by atoms with Crippen LogP contribution in [0.3, 0.4) is 0 Å². The SMILES string of the molecule is CC1(C)c2[c-]c(cc(F)c2)-c2cccc(n2)C(C)(C)c2cccc(n2)-c2[c-]c1cc(F)c2.[Pt+2]. The van der Waals surface area contributed by atoms with Crippen LogP contribution < -0.4 is 0 Å². The van der Waals surface area contributed by atoms with Gasteiger partial charge >= 0.3 is 21.1 Å². The van der Waals surface area contributed by atoms with Crippen LogP contribution in [0.5, 0.6) is 0 Å². The summed E-state index contributed by atoms with van der Waals surface area (Å²) >= 11 is 0. The van der Waals surface area contributed by atoms with Crippen molar-refractivity contribution in [2.24, 2.45) is 0 Å². The maximum Gasteiger partial charge on any atom is 2.00 e. The van der Waals surface area contributed by atoms with Gasteiger partial charge in [0.05, 0.1) is 0 Å². The number of aromatic nitrogens is 2. The molecule has 0 amide bonds. The van der Waals surface area contributed by atoms with E-state index in [1.165, 1.54) is 24.3 Å². The van der Waals surface area contributed by atoms with Crippen molar-refractivity contribution < 1.29 is 29.8 Å². The molecular formula is C28H22F2N2Pt. The molecule has 5 heteroatoms. The van der Waals surface area contributed by atoms with E-state index in [1.54, 1.807) is 0 Å². The Balaban J connectivity index is 0.00000259. The van der Waals surface area contributed by atoms with Gasteiger partial charge in [-0.2, -0.15) is 0 Å². The number of nitrogens with zero attached hydrogens (tertiary/aromatic N) is 2. The Hall–Kier alpha value is -2.71. The molecule has 1 aliphatic rings. The summed E-state index contributed by atoms with van der Waals surface area (Å²) in [6, 6.07) is 23.9. The number of benzene rings is 2. The minimum atomic E-state index is -0.744. The van der Waals surface area contributed by atoms with Crippen molar-refractivity contribution in [2.75, 3.05) is 0 Å². The monoisotopic (exact) mass is 619 g/mol. The molecule has 1 aliphatic heterocycles. The molecule has 3 heterocycles. The number of rotatable bonds is 0. The molecule has 0 saturated carbocycles. The molecule has 5 rings (SSSR count). The molecule has 0 atom stereocenters. The smallest absolute Gasteiger partial charge is 0.300 e. The third kappa shape index (κ3) is 4.06. The van der Waals surface area contributed by atoms with Crippen molar-refractivity contribution in [1.29, 1.82) is 0 Å². The van der Waals surface area contributed by atoms with E-state index in [9.17, 15) is 8.78 Å². The van der Waals surface area contributed by atoms with Crippen molar-refractivity contribution in [3.05, 3.63) is 107 Å². The molecule has 0 N–H and O–H groups in total. The van der Waals surface area contributed by atoms with Crippen molar-refractivity contribution in [2.45, 2.75) is 38.5 Å². The van der Waals surface area contributed by atoms with Crippen LogP contribution in [-0.4, -0.2) is 9.97 Å². The molecular weight excluding hydrogens is 597 g/mol. The standard InChI is InChI=1S/C28H22F2N2.Pt/c1-27(2)19-11-17(13-21(29)15-19)23-7-5-9-25(31-23)28(3,4)26-10-6-8-24(32-26)18-12-20(27)16-22(30)14-18;/h5-10,13-16H,1-4H3;/q-2;+2. The Kier molecular flexibility index (Phi) is 5.86. The van der Waals surface area contributed by atoms with Crippen LogP contribution in [0.25, 0.3) is 22.5 Å². The molecule has 0 aliphatic carbocycles. The van der Waals surface area contributed by atoms with E-state index in [1.807, 2.05) is 64.1 Å². The molecule has 33 heavy (non-hydrogen) atoms. The maximum atomic E-state index is 14.7. The van der Waals surface area contributed by atoms with Gasteiger partial charge < -0.3 is 9.97 Å². The second-order valence-corrected chi connectivity index (χ2v) is 9.32. The Morgan fingerprint density at radius 3 is 1.48 bits per heavy atom. The average Bonchev–Trinajstić information content (AvgIpc) is 2.78. The first-order valence-corrected chi connectivity index (χ1v) is 10.6. The summed E-state index contributed by atoms with van der Waals surface area (Å²) in [5.41, 5.74) is 3.92. The van der Waals surface area contributed by atoms with Gasteiger partial charge in [0.1, 0.15) is 0 Å². The summed E-state index contributed by atoms with van der Waals surface area (Å²) in [4.78, 5) is 9.73. The Morgan fingerprint density at radius 2 is 1.06 bits per heavy atom. The van der Waals surface area contributed by atoms with Gasteiger partial charge in [-0.3, -0.25) is 0 Å². The first kappa shape index (κ1) is 23.4. The fourth-order valence-electron chi connectivity index (χ4n) is 4.16. The van der Waals surface area contributed by atoms with Crippen LogP contribution in [0, 0.1) is 23.8 Å². The predicted molar refractivity (Wildman–Crippen MR) is 121 cm³/mol. The summed E-state index contributed by atoms with van der Waals surface area (Å²) in [7, 11) is 0. The van der Waals surface area contributed by atoms with Gasteiger partial charge in [-0.05, 0) is 42.8 Å². The van der Waals surface area contributed by atoms with Crippen molar-refractivity contribution in [1.82, 2.24) is 9.97 Å². The Morgan fingerprint density at radius 1 is 0.636 bits per heavy atom. The summed E-state index contributed by atoms with van der Waals surface area (Å²) < 4.78 is 29.5. The van der Waals surface area contributed by atoms with Crippen LogP contribution in [0.2, 0.25) is 0 Å². The molecule has 2 aromatic heterocycles. The fourth-order valence-corrected chi connectivity index (χ4v) is 4.16. The number of halogens is 2. The molecule has 0 fully saturated rings. The summed E-state index contributed by atoms with van der Waals surface area (Å²) in [5, 5.41) is 0. The number of pyridine rings is 2. The zero-order chi connectivity index (χ0) is 22.7. The number of fused-ring (bicyclic) bond motifs is 10. The second-order valence-electron chi connectivity index (χ2n) is 9.32. The first-order chi connectivity index (χ1) is 15.1. The van der Waals surface area contributed by atoms with Crippen LogP contribution in [0.1, 0.15) is 50.2 Å². The van der Waals surface area contributed by atoms with Gasteiger partial charge in [-0.15, -0.1) is 58.7 Å². The second kappa shape index (κ2) is 8.25. The van der Waals surface area contributed by atoms with E-state index in [0.717, 1.165) is 11.4 Å². The number of hydrogen-bond donors (Lipinski definition) is 0. The minimum absolute atomic E-state index is 0. The van der Waals surface area contributed by atoms with Crippen LogP contribution in [0.15, 0.2) is 60.7 Å². The zero-order valence-electron chi connectivity index (χ0n) is 18.7. The van der Waals surface area contributed by atoms with Crippen molar-refractivity contribution in [3.8, 4) is 22.5 Å². The summed E-state index contributed by atoms with van der Waals surface area (Å²) in [6.45, 7) is 7.92. The van der Waals surface area contributed by atoms with E-state index in [2.05, 4.69) is 12.1 Å². The van der Waals surface area contributed by atoms with Gasteiger partial charge in [0.2, 0.25) is 0 Å². The van der Waals surface area contributed by atoms with Gasteiger partial charge in [-0.25, -0.2) is 8.78 Å². The molecule has 2 aromatic carbocycles. The predicted octanol–water partition coefficient (Wildman–Crippen LogP) is 6.65. The molecule has 2 nitrogen and oxygen atoms in total. The minimum Gasteiger partial charge on any atom is -0.300 e. The van der Waals surface area contributed by atoms with Crippen molar-refractivity contribution in [3.63, 3.8) is 0 Å². The quantitative estimate of drug-likeness (QED) is 0.206. The van der Waals surface area contributed by atoms with E-state index in [0.29, 0.717) is 33.6 Å². The average molecular weight is 620 g/mol.